The molecular weight excluding hydrogens is 360 g/mol. The van der Waals surface area contributed by atoms with E-state index >= 15 is 0 Å². The van der Waals surface area contributed by atoms with E-state index in [0.717, 1.165) is 56.2 Å². The maximum absolute atomic E-state index is 13.8. The number of hydrogen-bond acceptors (Lipinski definition) is 2. The molecule has 2 heterocycles. The van der Waals surface area contributed by atoms with Crippen LogP contribution in [0.1, 0.15) is 49.7 Å². The van der Waals surface area contributed by atoms with Crippen molar-refractivity contribution in [2.45, 2.75) is 56.0 Å². The lowest BCUT2D eigenvalue weighted by molar-refractivity contribution is -0.157. The monoisotopic (exact) mass is 388 g/mol. The standard InChI is InChI=1S/C25H28N2O2/c28-22(24(15-16-24)21-11-5-2-6-12-21)27-18-8-14-25(27)13-7-17-26(23(25)29)19-20-9-3-1-4-10-20/h1-6,9-12H,7-8,13-19H2. The summed E-state index contributed by atoms with van der Waals surface area (Å²) in [5, 5.41) is 0. The molecule has 1 aliphatic carbocycles. The van der Waals surface area contributed by atoms with Crippen LogP contribution < -0.4 is 0 Å². The van der Waals surface area contributed by atoms with Gasteiger partial charge in [0, 0.05) is 19.6 Å². The van der Waals surface area contributed by atoms with Crippen molar-refractivity contribution in [3.05, 3.63) is 71.8 Å². The van der Waals surface area contributed by atoms with Gasteiger partial charge >= 0.3 is 0 Å². The molecular formula is C25H28N2O2. The highest BCUT2D eigenvalue weighted by atomic mass is 16.2. The van der Waals surface area contributed by atoms with Crippen LogP contribution in [-0.2, 0) is 21.5 Å². The predicted octanol–water partition coefficient (Wildman–Crippen LogP) is 3.90. The second kappa shape index (κ2) is 7.01. The van der Waals surface area contributed by atoms with Gasteiger partial charge < -0.3 is 9.80 Å². The van der Waals surface area contributed by atoms with Gasteiger partial charge in [0.2, 0.25) is 11.8 Å². The van der Waals surface area contributed by atoms with E-state index in [9.17, 15) is 9.59 Å². The maximum Gasteiger partial charge on any atom is 0.248 e. The molecule has 1 atom stereocenters. The molecule has 0 N–H and O–H groups in total. The van der Waals surface area contributed by atoms with Gasteiger partial charge in [0.05, 0.1) is 5.41 Å². The molecule has 1 unspecified atom stereocenters. The number of nitrogens with zero attached hydrogens (tertiary/aromatic N) is 2. The molecule has 2 aromatic rings. The summed E-state index contributed by atoms with van der Waals surface area (Å²) < 4.78 is 0. The van der Waals surface area contributed by atoms with Crippen LogP contribution in [0.5, 0.6) is 0 Å². The predicted molar refractivity (Wildman–Crippen MR) is 112 cm³/mol. The first-order valence-corrected chi connectivity index (χ1v) is 10.9. The average Bonchev–Trinajstić information content (AvgIpc) is 3.47. The molecule has 5 rings (SSSR count). The number of hydrogen-bond donors (Lipinski definition) is 0. The minimum absolute atomic E-state index is 0.155. The van der Waals surface area contributed by atoms with Gasteiger partial charge in [0.15, 0.2) is 0 Å². The van der Waals surface area contributed by atoms with Crippen LogP contribution in [0.3, 0.4) is 0 Å². The molecule has 1 spiro atoms. The molecule has 2 aromatic carbocycles. The maximum atomic E-state index is 13.8. The zero-order chi connectivity index (χ0) is 19.9. The van der Waals surface area contributed by atoms with E-state index in [1.807, 2.05) is 46.2 Å². The second-order valence-corrected chi connectivity index (χ2v) is 8.86. The van der Waals surface area contributed by atoms with Gasteiger partial charge in [0.1, 0.15) is 5.54 Å². The van der Waals surface area contributed by atoms with Crippen molar-refractivity contribution in [2.24, 2.45) is 0 Å². The van der Waals surface area contributed by atoms with Crippen LogP contribution in [0, 0.1) is 0 Å². The highest BCUT2D eigenvalue weighted by Crippen LogP contribution is 2.52. The van der Waals surface area contributed by atoms with Crippen molar-refractivity contribution < 1.29 is 9.59 Å². The van der Waals surface area contributed by atoms with E-state index in [1.54, 1.807) is 0 Å². The lowest BCUT2D eigenvalue weighted by Crippen LogP contribution is -2.62. The Balaban J connectivity index is 1.42. The summed E-state index contributed by atoms with van der Waals surface area (Å²) in [6.07, 6.45) is 5.26. The molecule has 2 amide bonds. The summed E-state index contributed by atoms with van der Waals surface area (Å²) in [6, 6.07) is 20.3. The summed E-state index contributed by atoms with van der Waals surface area (Å²) in [5.41, 5.74) is 1.22. The Morgan fingerprint density at radius 2 is 1.45 bits per heavy atom. The molecule has 29 heavy (non-hydrogen) atoms. The summed E-state index contributed by atoms with van der Waals surface area (Å²) in [4.78, 5) is 31.4. The molecule has 0 aromatic heterocycles. The van der Waals surface area contributed by atoms with Crippen LogP contribution in [0.4, 0.5) is 0 Å². The Morgan fingerprint density at radius 3 is 2.10 bits per heavy atom. The molecule has 3 aliphatic rings. The van der Waals surface area contributed by atoms with Gasteiger partial charge in [0.25, 0.3) is 0 Å². The molecule has 0 bridgehead atoms. The number of piperidine rings is 1. The van der Waals surface area contributed by atoms with Gasteiger partial charge in [-0.25, -0.2) is 0 Å². The molecule has 0 radical (unpaired) electrons. The zero-order valence-electron chi connectivity index (χ0n) is 16.8. The first-order valence-electron chi connectivity index (χ1n) is 10.9. The number of likely N-dealkylation sites (tertiary alicyclic amines) is 2. The molecule has 3 fully saturated rings. The Bertz CT molecular complexity index is 907. The van der Waals surface area contributed by atoms with Gasteiger partial charge in [-0.1, -0.05) is 60.7 Å². The van der Waals surface area contributed by atoms with Crippen LogP contribution in [0.25, 0.3) is 0 Å². The number of amides is 2. The lowest BCUT2D eigenvalue weighted by atomic mass is 9.83. The highest BCUT2D eigenvalue weighted by molar-refractivity contribution is 5.98. The van der Waals surface area contributed by atoms with Crippen LogP contribution >= 0.6 is 0 Å². The first-order chi connectivity index (χ1) is 14.2. The van der Waals surface area contributed by atoms with Crippen molar-refractivity contribution in [3.8, 4) is 0 Å². The smallest absolute Gasteiger partial charge is 0.248 e. The zero-order valence-corrected chi connectivity index (χ0v) is 16.8. The Kier molecular flexibility index (Phi) is 4.45. The number of rotatable bonds is 4. The number of carbonyl (C=O) groups excluding carboxylic acids is 2. The summed E-state index contributed by atoms with van der Waals surface area (Å²) >= 11 is 0. The van der Waals surface area contributed by atoms with E-state index in [4.69, 9.17) is 0 Å². The van der Waals surface area contributed by atoms with Crippen molar-refractivity contribution in [3.63, 3.8) is 0 Å². The summed E-state index contributed by atoms with van der Waals surface area (Å²) in [6.45, 7) is 2.12. The average molecular weight is 389 g/mol. The third-order valence-electron chi connectivity index (χ3n) is 7.14. The van der Waals surface area contributed by atoms with Crippen LogP contribution in [0.2, 0.25) is 0 Å². The minimum Gasteiger partial charge on any atom is -0.336 e. The van der Waals surface area contributed by atoms with Crippen LogP contribution in [0.15, 0.2) is 60.7 Å². The van der Waals surface area contributed by atoms with Crippen molar-refractivity contribution in [1.29, 1.82) is 0 Å². The fourth-order valence-corrected chi connectivity index (χ4v) is 5.44. The third kappa shape index (κ3) is 2.97. The van der Waals surface area contributed by atoms with Crippen molar-refractivity contribution in [1.82, 2.24) is 9.80 Å². The lowest BCUT2D eigenvalue weighted by Gasteiger charge is -2.45. The minimum atomic E-state index is -0.630. The van der Waals surface area contributed by atoms with E-state index in [2.05, 4.69) is 24.3 Å². The molecule has 2 aliphatic heterocycles. The third-order valence-corrected chi connectivity index (χ3v) is 7.14. The molecule has 2 saturated heterocycles. The van der Waals surface area contributed by atoms with E-state index in [1.165, 1.54) is 0 Å². The summed E-state index contributed by atoms with van der Waals surface area (Å²) in [7, 11) is 0. The largest absolute Gasteiger partial charge is 0.336 e. The summed E-state index contributed by atoms with van der Waals surface area (Å²) in [5.74, 6) is 0.332. The topological polar surface area (TPSA) is 40.6 Å². The molecule has 1 saturated carbocycles. The Morgan fingerprint density at radius 1 is 0.828 bits per heavy atom. The number of carbonyl (C=O) groups is 2. The second-order valence-electron chi connectivity index (χ2n) is 8.86. The normalized spacial score (nSPS) is 25.4. The number of benzene rings is 2. The molecule has 4 heteroatoms. The first kappa shape index (κ1) is 18.4. The molecule has 4 nitrogen and oxygen atoms in total. The van der Waals surface area contributed by atoms with Crippen molar-refractivity contribution in [2.75, 3.05) is 13.1 Å². The van der Waals surface area contributed by atoms with Crippen molar-refractivity contribution >= 4 is 11.8 Å². The van der Waals surface area contributed by atoms with Gasteiger partial charge in [-0.05, 0) is 49.7 Å². The quantitative estimate of drug-likeness (QED) is 0.797. The Labute approximate surface area is 172 Å². The Hall–Kier alpha value is -2.62. The van der Waals surface area contributed by atoms with Gasteiger partial charge in [-0.3, -0.25) is 9.59 Å². The van der Waals surface area contributed by atoms with Crippen LogP contribution in [-0.4, -0.2) is 40.2 Å². The fraction of sp³-hybridized carbons (Fsp3) is 0.440. The van der Waals surface area contributed by atoms with E-state index in [-0.39, 0.29) is 11.8 Å². The van der Waals surface area contributed by atoms with Gasteiger partial charge in [-0.2, -0.15) is 0 Å². The highest BCUT2D eigenvalue weighted by Gasteiger charge is 2.60. The fourth-order valence-electron chi connectivity index (χ4n) is 5.44. The van der Waals surface area contributed by atoms with E-state index < -0.39 is 11.0 Å². The molecule has 150 valence electrons. The van der Waals surface area contributed by atoms with Gasteiger partial charge in [-0.15, -0.1) is 0 Å². The SMILES string of the molecule is O=C(N1CCCC12CCCN(Cc1ccccc1)C2=O)C1(c2ccccc2)CC1. The van der Waals surface area contributed by atoms with E-state index in [0.29, 0.717) is 13.1 Å².